The lowest BCUT2D eigenvalue weighted by molar-refractivity contribution is 0.472. The summed E-state index contributed by atoms with van der Waals surface area (Å²) in [7, 11) is 0. The number of anilines is 1. The maximum Gasteiger partial charge on any atom is 0.138 e. The van der Waals surface area contributed by atoms with Crippen LogP contribution in [0.25, 0.3) is 0 Å². The lowest BCUT2D eigenvalue weighted by Gasteiger charge is -2.26. The molecule has 0 heterocycles. The first-order valence-corrected chi connectivity index (χ1v) is 8.88. The van der Waals surface area contributed by atoms with Crippen LogP contribution in [0.4, 0.5) is 5.69 Å². The second kappa shape index (κ2) is 9.94. The number of nitrogens with zero attached hydrogens (tertiary/aromatic N) is 1. The van der Waals surface area contributed by atoms with Gasteiger partial charge in [-0.25, -0.2) is 0 Å². The van der Waals surface area contributed by atoms with Gasteiger partial charge in [0.1, 0.15) is 5.75 Å². The molecule has 0 radical (unpaired) electrons. The van der Waals surface area contributed by atoms with Crippen LogP contribution in [0.2, 0.25) is 0 Å². The van der Waals surface area contributed by atoms with Crippen LogP contribution in [0.1, 0.15) is 51.0 Å². The third-order valence-electron chi connectivity index (χ3n) is 4.22. The van der Waals surface area contributed by atoms with E-state index in [-0.39, 0.29) is 0 Å². The van der Waals surface area contributed by atoms with Crippen molar-refractivity contribution in [2.45, 2.75) is 52.0 Å². The zero-order chi connectivity index (χ0) is 16.3. The molecule has 0 spiro atoms. The molecule has 0 aliphatic heterocycles. The fraction of sp³-hybridized carbons (Fsp3) is 0.429. The van der Waals surface area contributed by atoms with E-state index >= 15 is 0 Å². The molecule has 23 heavy (non-hydrogen) atoms. The van der Waals surface area contributed by atoms with E-state index in [9.17, 15) is 5.11 Å². The molecule has 0 fully saturated rings. The lowest BCUT2D eigenvalue weighted by atomic mass is 10.1. The molecule has 2 rings (SSSR count). The molecule has 2 nitrogen and oxygen atoms in total. The average Bonchev–Trinajstić information content (AvgIpc) is 2.58. The molecule has 0 aliphatic carbocycles. The Labute approximate surface area is 140 Å². The number of benzene rings is 2. The van der Waals surface area contributed by atoms with Gasteiger partial charge in [0.25, 0.3) is 0 Å². The second-order valence-corrected chi connectivity index (χ2v) is 6.16. The number of phenolic OH excluding ortho intramolecular Hbond substituents is 1. The van der Waals surface area contributed by atoms with Crippen LogP contribution in [-0.4, -0.2) is 11.7 Å². The van der Waals surface area contributed by atoms with Gasteiger partial charge in [0.15, 0.2) is 0 Å². The lowest BCUT2D eigenvalue weighted by Crippen LogP contribution is -2.24. The number of hydrogen-bond donors (Lipinski definition) is 1. The maximum absolute atomic E-state index is 10.2. The van der Waals surface area contributed by atoms with Crippen LogP contribution >= 0.6 is 0 Å². The van der Waals surface area contributed by atoms with E-state index in [0.717, 1.165) is 18.8 Å². The molecule has 0 saturated heterocycles. The number of rotatable bonds is 10. The van der Waals surface area contributed by atoms with Gasteiger partial charge in [-0.05, 0) is 24.1 Å². The minimum atomic E-state index is 0.370. The monoisotopic (exact) mass is 311 g/mol. The van der Waals surface area contributed by atoms with Crippen molar-refractivity contribution in [2.75, 3.05) is 11.4 Å². The van der Waals surface area contributed by atoms with Crippen molar-refractivity contribution < 1.29 is 5.11 Å². The highest BCUT2D eigenvalue weighted by molar-refractivity contribution is 5.57. The largest absolute Gasteiger partial charge is 0.506 e. The molecule has 2 heteroatoms. The summed E-state index contributed by atoms with van der Waals surface area (Å²) >= 11 is 0. The molecular formula is C21H29NO. The normalized spacial score (nSPS) is 10.7. The minimum Gasteiger partial charge on any atom is -0.506 e. The summed E-state index contributed by atoms with van der Waals surface area (Å²) in [6.45, 7) is 4.08. The van der Waals surface area contributed by atoms with Crippen LogP contribution in [0.15, 0.2) is 54.6 Å². The molecule has 0 aliphatic rings. The molecule has 2 aromatic rings. The van der Waals surface area contributed by atoms with E-state index in [1.807, 2.05) is 24.3 Å². The number of aromatic hydroxyl groups is 1. The standard InChI is InChI=1S/C21H29NO/c1-2-3-4-5-6-12-17-22(18-19-13-8-7-9-14-19)20-15-10-11-16-21(20)23/h7-11,13-16,23H,2-6,12,17-18H2,1H3. The van der Waals surface area contributed by atoms with Crippen molar-refractivity contribution in [1.82, 2.24) is 0 Å². The molecule has 124 valence electrons. The molecule has 0 saturated carbocycles. The predicted octanol–water partition coefficient (Wildman–Crippen LogP) is 5.76. The Morgan fingerprint density at radius 1 is 0.783 bits per heavy atom. The topological polar surface area (TPSA) is 23.5 Å². The van der Waals surface area contributed by atoms with E-state index in [2.05, 4.69) is 36.1 Å². The summed E-state index contributed by atoms with van der Waals surface area (Å²) < 4.78 is 0. The van der Waals surface area contributed by atoms with Gasteiger partial charge in [-0.15, -0.1) is 0 Å². The Morgan fingerprint density at radius 2 is 1.43 bits per heavy atom. The van der Waals surface area contributed by atoms with Gasteiger partial charge >= 0.3 is 0 Å². The minimum absolute atomic E-state index is 0.370. The van der Waals surface area contributed by atoms with Gasteiger partial charge < -0.3 is 10.0 Å². The molecule has 0 bridgehead atoms. The van der Waals surface area contributed by atoms with Crippen molar-refractivity contribution in [2.24, 2.45) is 0 Å². The molecule has 1 N–H and O–H groups in total. The van der Waals surface area contributed by atoms with Crippen molar-refractivity contribution in [3.05, 3.63) is 60.2 Å². The smallest absolute Gasteiger partial charge is 0.138 e. The number of unbranched alkanes of at least 4 members (excludes halogenated alkanes) is 5. The van der Waals surface area contributed by atoms with Crippen molar-refractivity contribution >= 4 is 5.69 Å². The summed E-state index contributed by atoms with van der Waals surface area (Å²) in [5.41, 5.74) is 2.21. The van der Waals surface area contributed by atoms with Gasteiger partial charge in [-0.3, -0.25) is 0 Å². The van der Waals surface area contributed by atoms with Crippen LogP contribution in [0.5, 0.6) is 5.75 Å². The van der Waals surface area contributed by atoms with Crippen LogP contribution in [-0.2, 0) is 6.54 Å². The Kier molecular flexibility index (Phi) is 7.51. The fourth-order valence-electron chi connectivity index (χ4n) is 2.90. The SMILES string of the molecule is CCCCCCCCN(Cc1ccccc1)c1ccccc1O. The number of hydrogen-bond acceptors (Lipinski definition) is 2. The quantitative estimate of drug-likeness (QED) is 0.564. The first-order valence-electron chi connectivity index (χ1n) is 8.88. The summed E-state index contributed by atoms with van der Waals surface area (Å²) in [6.07, 6.45) is 7.72. The van der Waals surface area contributed by atoms with Crippen LogP contribution in [0, 0.1) is 0 Å². The Balaban J connectivity index is 1.96. The molecular weight excluding hydrogens is 282 g/mol. The molecule has 0 atom stereocenters. The molecule has 0 amide bonds. The second-order valence-electron chi connectivity index (χ2n) is 6.16. The zero-order valence-corrected chi connectivity index (χ0v) is 14.2. The summed E-state index contributed by atoms with van der Waals surface area (Å²) in [4.78, 5) is 2.30. The highest BCUT2D eigenvalue weighted by atomic mass is 16.3. The van der Waals surface area contributed by atoms with Gasteiger partial charge in [0, 0.05) is 13.1 Å². The predicted molar refractivity (Wildman–Crippen MR) is 99.0 cm³/mol. The first kappa shape index (κ1) is 17.4. The van der Waals surface area contributed by atoms with Gasteiger partial charge in [-0.2, -0.15) is 0 Å². The first-order chi connectivity index (χ1) is 11.3. The summed E-state index contributed by atoms with van der Waals surface area (Å²) in [6, 6.07) is 18.1. The van der Waals surface area contributed by atoms with Crippen molar-refractivity contribution in [3.8, 4) is 5.75 Å². The third-order valence-corrected chi connectivity index (χ3v) is 4.22. The Morgan fingerprint density at radius 3 is 2.17 bits per heavy atom. The maximum atomic E-state index is 10.2. The van der Waals surface area contributed by atoms with E-state index < -0.39 is 0 Å². The summed E-state index contributed by atoms with van der Waals surface area (Å²) in [5.74, 6) is 0.370. The van der Waals surface area contributed by atoms with E-state index in [1.54, 1.807) is 6.07 Å². The number of phenols is 1. The molecule has 0 unspecified atom stereocenters. The highest BCUT2D eigenvalue weighted by Gasteiger charge is 2.11. The Bertz CT molecular complexity index is 553. The van der Waals surface area contributed by atoms with Crippen molar-refractivity contribution in [1.29, 1.82) is 0 Å². The van der Waals surface area contributed by atoms with E-state index in [1.165, 1.54) is 44.1 Å². The molecule has 0 aromatic heterocycles. The third kappa shape index (κ3) is 5.97. The van der Waals surface area contributed by atoms with Crippen molar-refractivity contribution in [3.63, 3.8) is 0 Å². The molecule has 2 aromatic carbocycles. The number of para-hydroxylation sites is 2. The van der Waals surface area contributed by atoms with Crippen LogP contribution < -0.4 is 4.90 Å². The van der Waals surface area contributed by atoms with Gasteiger partial charge in [0.2, 0.25) is 0 Å². The van der Waals surface area contributed by atoms with E-state index in [0.29, 0.717) is 5.75 Å². The average molecular weight is 311 g/mol. The van der Waals surface area contributed by atoms with Gasteiger partial charge in [0.05, 0.1) is 5.69 Å². The highest BCUT2D eigenvalue weighted by Crippen LogP contribution is 2.28. The zero-order valence-electron chi connectivity index (χ0n) is 14.2. The van der Waals surface area contributed by atoms with Gasteiger partial charge in [-0.1, -0.05) is 81.5 Å². The van der Waals surface area contributed by atoms with E-state index in [4.69, 9.17) is 0 Å². The Hall–Kier alpha value is -1.96. The fourth-order valence-corrected chi connectivity index (χ4v) is 2.90. The summed E-state index contributed by atoms with van der Waals surface area (Å²) in [5, 5.41) is 10.2. The van der Waals surface area contributed by atoms with Crippen LogP contribution in [0.3, 0.4) is 0 Å².